The average molecular weight is 402 g/mol. The van der Waals surface area contributed by atoms with E-state index in [4.69, 9.17) is 0 Å². The first kappa shape index (κ1) is 19.3. The summed E-state index contributed by atoms with van der Waals surface area (Å²) in [7, 11) is -4.62. The van der Waals surface area contributed by atoms with E-state index in [2.05, 4.69) is 5.32 Å². The first-order valence-corrected chi connectivity index (χ1v) is 9.32. The van der Waals surface area contributed by atoms with Crippen molar-refractivity contribution in [3.05, 3.63) is 69.8 Å². The van der Waals surface area contributed by atoms with E-state index in [0.717, 1.165) is 12.1 Å². The predicted octanol–water partition coefficient (Wildman–Crippen LogP) is 3.26. The molecule has 1 amide bonds. The third-order valence-corrected chi connectivity index (χ3v) is 5.07. The number of anilines is 1. The van der Waals surface area contributed by atoms with Crippen LogP contribution in [0.25, 0.3) is 10.8 Å². The van der Waals surface area contributed by atoms with Gasteiger partial charge >= 0.3 is 0 Å². The molecule has 0 aromatic heterocycles. The van der Waals surface area contributed by atoms with E-state index in [1.165, 1.54) is 36.4 Å². The van der Waals surface area contributed by atoms with Gasteiger partial charge in [-0.1, -0.05) is 18.2 Å². The van der Waals surface area contributed by atoms with Crippen LogP contribution in [0, 0.1) is 17.0 Å². The number of rotatable bonds is 4. The second-order valence-electron chi connectivity index (χ2n) is 6.00. The zero-order chi connectivity index (χ0) is 20.6. The van der Waals surface area contributed by atoms with Gasteiger partial charge in [-0.15, -0.1) is 0 Å². The number of phenolic OH excluding ortho intramolecular Hbond substituents is 1. The summed E-state index contributed by atoms with van der Waals surface area (Å²) >= 11 is 0. The minimum absolute atomic E-state index is 0.0319. The lowest BCUT2D eigenvalue weighted by atomic mass is 10.1. The number of aromatic hydroxyl groups is 1. The molecule has 144 valence electrons. The van der Waals surface area contributed by atoms with Gasteiger partial charge in [0, 0.05) is 33.7 Å². The zero-order valence-electron chi connectivity index (χ0n) is 14.4. The number of hydrogen-bond acceptors (Lipinski definition) is 6. The lowest BCUT2D eigenvalue weighted by Gasteiger charge is -2.12. The highest BCUT2D eigenvalue weighted by molar-refractivity contribution is 7.86. The number of nitro groups is 1. The van der Waals surface area contributed by atoms with Crippen molar-refractivity contribution in [1.82, 2.24) is 0 Å². The van der Waals surface area contributed by atoms with Crippen LogP contribution in [0.3, 0.4) is 0 Å². The molecule has 3 rings (SSSR count). The Morgan fingerprint density at radius 1 is 1.14 bits per heavy atom. The fraction of sp³-hybridized carbons (Fsp3) is 0.0556. The first-order chi connectivity index (χ1) is 13.1. The maximum atomic E-state index is 12.5. The summed E-state index contributed by atoms with van der Waals surface area (Å²) < 4.78 is 32.5. The Morgan fingerprint density at radius 3 is 2.50 bits per heavy atom. The monoisotopic (exact) mass is 402 g/mol. The normalized spacial score (nSPS) is 11.4. The molecule has 0 aliphatic rings. The predicted molar refractivity (Wildman–Crippen MR) is 101 cm³/mol. The number of phenols is 1. The number of amides is 1. The average Bonchev–Trinajstić information content (AvgIpc) is 2.61. The van der Waals surface area contributed by atoms with Crippen molar-refractivity contribution in [3.8, 4) is 5.75 Å². The van der Waals surface area contributed by atoms with Gasteiger partial charge in [0.15, 0.2) is 0 Å². The highest BCUT2D eigenvalue weighted by Gasteiger charge is 2.20. The lowest BCUT2D eigenvalue weighted by Crippen LogP contribution is -2.13. The number of aryl methyl sites for hydroxylation is 1. The van der Waals surface area contributed by atoms with Gasteiger partial charge in [-0.2, -0.15) is 8.42 Å². The van der Waals surface area contributed by atoms with Crippen molar-refractivity contribution in [3.63, 3.8) is 0 Å². The molecule has 0 radical (unpaired) electrons. The number of carbonyl (C=O) groups excluding carboxylic acids is 1. The summed E-state index contributed by atoms with van der Waals surface area (Å²) in [6.07, 6.45) is 0. The maximum absolute atomic E-state index is 12.5. The number of fused-ring (bicyclic) bond motifs is 1. The van der Waals surface area contributed by atoms with E-state index in [1.807, 2.05) is 0 Å². The number of nitro benzene ring substituents is 1. The van der Waals surface area contributed by atoms with Crippen LogP contribution >= 0.6 is 0 Å². The largest absolute Gasteiger partial charge is 0.507 e. The van der Waals surface area contributed by atoms with Crippen molar-refractivity contribution < 1.29 is 27.8 Å². The van der Waals surface area contributed by atoms with E-state index >= 15 is 0 Å². The summed E-state index contributed by atoms with van der Waals surface area (Å²) in [4.78, 5) is 22.5. The minimum Gasteiger partial charge on any atom is -0.507 e. The standard InChI is InChI=1S/C18H14N2O7S/c1-10-5-6-11(9-14(10)20(23)24)18(22)19-13-7-8-16(28(25,26)27)17-12(13)3-2-4-15(17)21/h2-9,21H,1H3,(H,19,22)(H,25,26,27). The Bertz CT molecular complexity index is 1240. The number of carbonyl (C=O) groups is 1. The second kappa shape index (κ2) is 6.91. The molecule has 0 saturated carbocycles. The van der Waals surface area contributed by atoms with Crippen LogP contribution in [0.15, 0.2) is 53.4 Å². The van der Waals surface area contributed by atoms with Gasteiger partial charge in [0.25, 0.3) is 21.7 Å². The topological polar surface area (TPSA) is 147 Å². The number of nitrogens with zero attached hydrogens (tertiary/aromatic N) is 1. The molecule has 9 nitrogen and oxygen atoms in total. The minimum atomic E-state index is -4.62. The van der Waals surface area contributed by atoms with E-state index in [-0.39, 0.29) is 27.7 Å². The quantitative estimate of drug-likeness (QED) is 0.345. The molecule has 3 N–H and O–H groups in total. The van der Waals surface area contributed by atoms with Gasteiger partial charge in [-0.25, -0.2) is 0 Å². The summed E-state index contributed by atoms with van der Waals surface area (Å²) in [6.45, 7) is 1.55. The molecule has 0 heterocycles. The van der Waals surface area contributed by atoms with Crippen LogP contribution in [0.5, 0.6) is 5.75 Å². The summed E-state index contributed by atoms with van der Waals surface area (Å²) in [6, 6.07) is 10.4. The van der Waals surface area contributed by atoms with Gasteiger partial charge in [0.1, 0.15) is 10.6 Å². The van der Waals surface area contributed by atoms with Gasteiger partial charge < -0.3 is 10.4 Å². The number of nitrogens with one attached hydrogen (secondary N) is 1. The fourth-order valence-electron chi connectivity index (χ4n) is 2.82. The second-order valence-corrected chi connectivity index (χ2v) is 7.39. The Balaban J connectivity index is 2.09. The SMILES string of the molecule is Cc1ccc(C(=O)Nc2ccc(S(=O)(=O)O)c3c(O)cccc23)cc1[N+](=O)[O-]. The molecule has 0 spiro atoms. The fourth-order valence-corrected chi connectivity index (χ4v) is 3.53. The van der Waals surface area contributed by atoms with Crippen molar-refractivity contribution in [2.45, 2.75) is 11.8 Å². The van der Waals surface area contributed by atoms with Gasteiger partial charge in [0.2, 0.25) is 0 Å². The molecule has 0 fully saturated rings. The van der Waals surface area contributed by atoms with Crippen molar-refractivity contribution >= 4 is 38.2 Å². The van der Waals surface area contributed by atoms with E-state index in [1.54, 1.807) is 6.92 Å². The van der Waals surface area contributed by atoms with Crippen LogP contribution in [0.4, 0.5) is 11.4 Å². The van der Waals surface area contributed by atoms with Gasteiger partial charge in [-0.05, 0) is 31.2 Å². The maximum Gasteiger partial charge on any atom is 0.295 e. The van der Waals surface area contributed by atoms with Crippen LogP contribution in [0.2, 0.25) is 0 Å². The van der Waals surface area contributed by atoms with Crippen LogP contribution < -0.4 is 5.32 Å². The molecule has 28 heavy (non-hydrogen) atoms. The summed E-state index contributed by atoms with van der Waals surface area (Å²) in [5.74, 6) is -1.06. The smallest absolute Gasteiger partial charge is 0.295 e. The molecule has 0 aliphatic carbocycles. The van der Waals surface area contributed by atoms with Gasteiger partial charge in [0.05, 0.1) is 4.92 Å². The lowest BCUT2D eigenvalue weighted by molar-refractivity contribution is -0.385. The Morgan fingerprint density at radius 2 is 1.86 bits per heavy atom. The third kappa shape index (κ3) is 3.50. The van der Waals surface area contributed by atoms with Crippen molar-refractivity contribution in [2.24, 2.45) is 0 Å². The number of benzene rings is 3. The zero-order valence-corrected chi connectivity index (χ0v) is 15.2. The molecule has 3 aromatic rings. The van der Waals surface area contributed by atoms with Crippen molar-refractivity contribution in [1.29, 1.82) is 0 Å². The molecule has 0 aliphatic heterocycles. The molecule has 0 atom stereocenters. The Labute approximate surface area is 159 Å². The van der Waals surface area contributed by atoms with Crippen LogP contribution in [-0.4, -0.2) is 28.9 Å². The summed E-state index contributed by atoms with van der Waals surface area (Å²) in [5, 5.41) is 23.7. The molecule has 0 bridgehead atoms. The molecule has 0 saturated heterocycles. The van der Waals surface area contributed by atoms with E-state index in [0.29, 0.717) is 5.56 Å². The van der Waals surface area contributed by atoms with Crippen LogP contribution in [-0.2, 0) is 10.1 Å². The molecular weight excluding hydrogens is 388 g/mol. The van der Waals surface area contributed by atoms with Crippen LogP contribution in [0.1, 0.15) is 15.9 Å². The molecule has 10 heteroatoms. The summed E-state index contributed by atoms with van der Waals surface area (Å²) in [5.41, 5.74) is 0.377. The van der Waals surface area contributed by atoms with Crippen molar-refractivity contribution in [2.75, 3.05) is 5.32 Å². The molecular formula is C18H14N2O7S. The number of hydrogen-bond donors (Lipinski definition) is 3. The first-order valence-electron chi connectivity index (χ1n) is 7.88. The Kier molecular flexibility index (Phi) is 4.75. The molecule has 0 unspecified atom stereocenters. The third-order valence-electron chi connectivity index (χ3n) is 4.17. The highest BCUT2D eigenvalue weighted by atomic mass is 32.2. The molecule has 3 aromatic carbocycles. The van der Waals surface area contributed by atoms with E-state index < -0.39 is 31.6 Å². The van der Waals surface area contributed by atoms with Gasteiger partial charge in [-0.3, -0.25) is 19.5 Å². The highest BCUT2D eigenvalue weighted by Crippen LogP contribution is 2.35. The Hall–Kier alpha value is -3.50. The van der Waals surface area contributed by atoms with E-state index in [9.17, 15) is 33.0 Å².